The Morgan fingerprint density at radius 1 is 1.56 bits per heavy atom. The van der Waals surface area contributed by atoms with Crippen molar-refractivity contribution in [3.8, 4) is 0 Å². The van der Waals surface area contributed by atoms with Gasteiger partial charge in [0.15, 0.2) is 6.29 Å². The first-order chi connectivity index (χ1) is 4.29. The normalized spacial score (nSPS) is 49.7. The molecule has 0 spiro atoms. The van der Waals surface area contributed by atoms with Crippen LogP contribution in [0, 0.1) is 0 Å². The number of fused-ring (bicyclic) bond motifs is 2. The van der Waals surface area contributed by atoms with Crippen molar-refractivity contribution in [2.45, 2.75) is 38.1 Å². The largest absolute Gasteiger partial charge is 0.350 e. The SMILES string of the molecule is CC12CCCC(OC1)O2. The van der Waals surface area contributed by atoms with Gasteiger partial charge in [-0.25, -0.2) is 0 Å². The molecule has 0 saturated carbocycles. The van der Waals surface area contributed by atoms with Crippen LogP contribution in [-0.4, -0.2) is 18.5 Å². The third kappa shape index (κ3) is 0.864. The molecule has 2 bridgehead atoms. The first kappa shape index (κ1) is 5.69. The van der Waals surface area contributed by atoms with E-state index in [-0.39, 0.29) is 11.9 Å². The van der Waals surface area contributed by atoms with Gasteiger partial charge in [-0.1, -0.05) is 0 Å². The van der Waals surface area contributed by atoms with Gasteiger partial charge in [0.25, 0.3) is 0 Å². The molecular weight excluding hydrogens is 116 g/mol. The molecule has 0 aliphatic carbocycles. The lowest BCUT2D eigenvalue weighted by Crippen LogP contribution is -2.31. The van der Waals surface area contributed by atoms with E-state index in [0.717, 1.165) is 13.0 Å². The van der Waals surface area contributed by atoms with E-state index in [9.17, 15) is 0 Å². The second kappa shape index (κ2) is 1.70. The second-order valence-electron chi connectivity index (χ2n) is 3.20. The highest BCUT2D eigenvalue weighted by atomic mass is 16.7. The van der Waals surface area contributed by atoms with Gasteiger partial charge in [0, 0.05) is 0 Å². The van der Waals surface area contributed by atoms with Gasteiger partial charge < -0.3 is 9.47 Å². The minimum atomic E-state index is 0.0723. The average molecular weight is 128 g/mol. The second-order valence-corrected chi connectivity index (χ2v) is 3.20. The lowest BCUT2D eigenvalue weighted by molar-refractivity contribution is -0.113. The average Bonchev–Trinajstić information content (AvgIpc) is 2.07. The number of ether oxygens (including phenoxy) is 2. The molecule has 2 heterocycles. The van der Waals surface area contributed by atoms with E-state index in [2.05, 4.69) is 6.92 Å². The van der Waals surface area contributed by atoms with Crippen LogP contribution < -0.4 is 0 Å². The quantitative estimate of drug-likeness (QED) is 0.489. The summed E-state index contributed by atoms with van der Waals surface area (Å²) >= 11 is 0. The van der Waals surface area contributed by atoms with E-state index >= 15 is 0 Å². The summed E-state index contributed by atoms with van der Waals surface area (Å²) < 4.78 is 10.9. The highest BCUT2D eigenvalue weighted by Crippen LogP contribution is 2.34. The summed E-state index contributed by atoms with van der Waals surface area (Å²) in [6, 6.07) is 0. The molecular formula is C7H12O2. The van der Waals surface area contributed by atoms with Gasteiger partial charge in [-0.2, -0.15) is 0 Å². The molecule has 2 aliphatic heterocycles. The maximum atomic E-state index is 5.56. The third-order valence-electron chi connectivity index (χ3n) is 2.14. The third-order valence-corrected chi connectivity index (χ3v) is 2.14. The highest BCUT2D eigenvalue weighted by Gasteiger charge is 2.39. The molecule has 2 unspecified atom stereocenters. The van der Waals surface area contributed by atoms with Crippen LogP contribution in [0.15, 0.2) is 0 Å². The predicted octanol–water partition coefficient (Wildman–Crippen LogP) is 1.30. The van der Waals surface area contributed by atoms with Crippen molar-refractivity contribution in [1.82, 2.24) is 0 Å². The predicted molar refractivity (Wildman–Crippen MR) is 33.1 cm³/mol. The van der Waals surface area contributed by atoms with Crippen LogP contribution in [0.1, 0.15) is 26.2 Å². The molecule has 2 aliphatic rings. The molecule has 2 atom stereocenters. The molecule has 52 valence electrons. The monoisotopic (exact) mass is 128 g/mol. The molecule has 2 saturated heterocycles. The Bertz CT molecular complexity index is 120. The zero-order chi connectivity index (χ0) is 6.32. The lowest BCUT2D eigenvalue weighted by Gasteiger charge is -2.26. The van der Waals surface area contributed by atoms with E-state index < -0.39 is 0 Å². The molecule has 0 aromatic carbocycles. The molecule has 0 aromatic heterocycles. The van der Waals surface area contributed by atoms with Crippen molar-refractivity contribution >= 4 is 0 Å². The van der Waals surface area contributed by atoms with Crippen LogP contribution in [0.3, 0.4) is 0 Å². The van der Waals surface area contributed by atoms with Crippen LogP contribution in [0.2, 0.25) is 0 Å². The fourth-order valence-electron chi connectivity index (χ4n) is 1.57. The van der Waals surface area contributed by atoms with Gasteiger partial charge >= 0.3 is 0 Å². The first-order valence-corrected chi connectivity index (χ1v) is 3.58. The molecule has 0 radical (unpaired) electrons. The minimum Gasteiger partial charge on any atom is -0.350 e. The molecule has 0 N–H and O–H groups in total. The Morgan fingerprint density at radius 3 is 3.11 bits per heavy atom. The summed E-state index contributed by atoms with van der Waals surface area (Å²) in [7, 11) is 0. The van der Waals surface area contributed by atoms with Crippen molar-refractivity contribution in [2.24, 2.45) is 0 Å². The molecule has 0 aromatic rings. The number of hydrogen-bond acceptors (Lipinski definition) is 2. The van der Waals surface area contributed by atoms with Crippen LogP contribution in [0.25, 0.3) is 0 Å². The summed E-state index contributed by atoms with van der Waals surface area (Å²) in [6.07, 6.45) is 3.66. The molecule has 9 heavy (non-hydrogen) atoms. The standard InChI is InChI=1S/C7H12O2/c1-7-4-2-3-6(9-7)8-5-7/h6H,2-5H2,1H3. The van der Waals surface area contributed by atoms with Crippen molar-refractivity contribution in [3.63, 3.8) is 0 Å². The van der Waals surface area contributed by atoms with E-state index in [1.165, 1.54) is 12.8 Å². The summed E-state index contributed by atoms with van der Waals surface area (Å²) in [6.45, 7) is 2.93. The Balaban J connectivity index is 2.13. The highest BCUT2D eigenvalue weighted by molar-refractivity contribution is 4.84. The maximum Gasteiger partial charge on any atom is 0.158 e. The molecule has 2 fully saturated rings. The fraction of sp³-hybridized carbons (Fsp3) is 1.00. The molecule has 2 nitrogen and oxygen atoms in total. The smallest absolute Gasteiger partial charge is 0.158 e. The molecule has 0 amide bonds. The van der Waals surface area contributed by atoms with Crippen molar-refractivity contribution < 1.29 is 9.47 Å². The van der Waals surface area contributed by atoms with Crippen molar-refractivity contribution in [3.05, 3.63) is 0 Å². The number of rotatable bonds is 0. The van der Waals surface area contributed by atoms with Crippen LogP contribution in [0.5, 0.6) is 0 Å². The Hall–Kier alpha value is -0.0800. The Labute approximate surface area is 55.1 Å². The van der Waals surface area contributed by atoms with Gasteiger partial charge in [0.05, 0.1) is 12.2 Å². The molecule has 2 heteroatoms. The van der Waals surface area contributed by atoms with Gasteiger partial charge in [0.2, 0.25) is 0 Å². The van der Waals surface area contributed by atoms with E-state index in [1.807, 2.05) is 0 Å². The Morgan fingerprint density at radius 2 is 2.44 bits per heavy atom. The fourth-order valence-corrected chi connectivity index (χ4v) is 1.57. The van der Waals surface area contributed by atoms with Crippen LogP contribution in [0.4, 0.5) is 0 Å². The zero-order valence-electron chi connectivity index (χ0n) is 5.72. The van der Waals surface area contributed by atoms with Gasteiger partial charge in [-0.15, -0.1) is 0 Å². The topological polar surface area (TPSA) is 18.5 Å². The van der Waals surface area contributed by atoms with E-state index in [0.29, 0.717) is 0 Å². The Kier molecular flexibility index (Phi) is 1.08. The first-order valence-electron chi connectivity index (χ1n) is 3.58. The van der Waals surface area contributed by atoms with E-state index in [1.54, 1.807) is 0 Å². The van der Waals surface area contributed by atoms with Crippen molar-refractivity contribution in [1.29, 1.82) is 0 Å². The lowest BCUT2D eigenvalue weighted by atomic mass is 9.99. The zero-order valence-corrected chi connectivity index (χ0v) is 5.72. The van der Waals surface area contributed by atoms with Crippen LogP contribution in [-0.2, 0) is 9.47 Å². The summed E-state index contributed by atoms with van der Waals surface area (Å²) in [4.78, 5) is 0. The van der Waals surface area contributed by atoms with Crippen LogP contribution >= 0.6 is 0 Å². The van der Waals surface area contributed by atoms with E-state index in [4.69, 9.17) is 9.47 Å². The maximum absolute atomic E-state index is 5.56. The van der Waals surface area contributed by atoms with Gasteiger partial charge in [-0.3, -0.25) is 0 Å². The van der Waals surface area contributed by atoms with Crippen molar-refractivity contribution in [2.75, 3.05) is 6.61 Å². The van der Waals surface area contributed by atoms with Gasteiger partial charge in [-0.05, 0) is 26.2 Å². The summed E-state index contributed by atoms with van der Waals surface area (Å²) in [5.74, 6) is 0. The number of hydrogen-bond donors (Lipinski definition) is 0. The summed E-state index contributed by atoms with van der Waals surface area (Å²) in [5, 5.41) is 0. The van der Waals surface area contributed by atoms with Gasteiger partial charge in [0.1, 0.15) is 0 Å². The minimum absolute atomic E-state index is 0.0723. The summed E-state index contributed by atoms with van der Waals surface area (Å²) in [5.41, 5.74) is 0.0723. The molecule has 2 rings (SSSR count).